The number of hydrogen-bond acceptors (Lipinski definition) is 2. The van der Waals surface area contributed by atoms with Crippen molar-refractivity contribution in [2.24, 2.45) is 5.92 Å². The van der Waals surface area contributed by atoms with Gasteiger partial charge in [0.05, 0.1) is 11.1 Å². The van der Waals surface area contributed by atoms with E-state index in [0.29, 0.717) is 5.92 Å². The zero-order valence-corrected chi connectivity index (χ0v) is 12.5. The molecular weight excluding hydrogens is 208 g/mol. The highest BCUT2D eigenvalue weighted by atomic mass is 15.7. The molecule has 0 radical (unpaired) electrons. The summed E-state index contributed by atoms with van der Waals surface area (Å²) < 4.78 is 0. The molecule has 0 N–H and O–H groups in total. The molecule has 0 atom stereocenters. The zero-order valence-electron chi connectivity index (χ0n) is 12.5. The van der Waals surface area contributed by atoms with Gasteiger partial charge in [-0.15, -0.1) is 0 Å². The molecule has 1 aliphatic rings. The fourth-order valence-corrected chi connectivity index (χ4v) is 2.54. The molecule has 0 aliphatic carbocycles. The summed E-state index contributed by atoms with van der Waals surface area (Å²) in [6.45, 7) is 15.9. The fraction of sp³-hybridized carbons (Fsp3) is 0.733. The maximum atomic E-state index is 2.37. The van der Waals surface area contributed by atoms with Crippen LogP contribution in [0.4, 0.5) is 0 Å². The second kappa shape index (κ2) is 4.75. The van der Waals surface area contributed by atoms with Crippen LogP contribution in [0.3, 0.4) is 0 Å². The molecule has 0 saturated heterocycles. The molecule has 0 amide bonds. The molecule has 0 aromatic heterocycles. The molecule has 0 fully saturated rings. The summed E-state index contributed by atoms with van der Waals surface area (Å²) in [5.41, 5.74) is 0.248. The number of allylic oxidation sites excluding steroid dienone is 2. The van der Waals surface area contributed by atoms with Crippen molar-refractivity contribution in [1.29, 1.82) is 0 Å². The van der Waals surface area contributed by atoms with E-state index in [1.165, 1.54) is 6.42 Å². The van der Waals surface area contributed by atoms with Gasteiger partial charge in [0.1, 0.15) is 0 Å². The topological polar surface area (TPSA) is 6.48 Å². The Labute approximate surface area is 107 Å². The lowest BCUT2D eigenvalue weighted by molar-refractivity contribution is -0.0807. The van der Waals surface area contributed by atoms with Gasteiger partial charge in [-0.25, -0.2) is 0 Å². The van der Waals surface area contributed by atoms with Crippen molar-refractivity contribution in [1.82, 2.24) is 10.0 Å². The smallest absolute Gasteiger partial charge is 0.0554 e. The van der Waals surface area contributed by atoms with Gasteiger partial charge in [0.2, 0.25) is 0 Å². The molecule has 1 aliphatic heterocycles. The SMILES string of the molecule is CC(C)CC(C)(C)N1C=CC=CN1C(C)(C)C. The van der Waals surface area contributed by atoms with Crippen molar-refractivity contribution < 1.29 is 0 Å². The highest BCUT2D eigenvalue weighted by Crippen LogP contribution is 2.31. The van der Waals surface area contributed by atoms with Gasteiger partial charge >= 0.3 is 0 Å². The lowest BCUT2D eigenvalue weighted by Crippen LogP contribution is -2.56. The molecule has 0 aromatic carbocycles. The van der Waals surface area contributed by atoms with Crippen LogP contribution in [0.25, 0.3) is 0 Å². The number of hydrogen-bond donors (Lipinski definition) is 0. The van der Waals surface area contributed by atoms with E-state index in [-0.39, 0.29) is 11.1 Å². The minimum absolute atomic E-state index is 0.107. The van der Waals surface area contributed by atoms with Crippen LogP contribution in [0.15, 0.2) is 24.6 Å². The van der Waals surface area contributed by atoms with Crippen LogP contribution < -0.4 is 0 Å². The molecule has 2 heteroatoms. The second-order valence-corrected chi connectivity index (χ2v) is 6.95. The van der Waals surface area contributed by atoms with Crippen molar-refractivity contribution in [3.05, 3.63) is 24.6 Å². The first-order valence-electron chi connectivity index (χ1n) is 6.58. The van der Waals surface area contributed by atoms with Crippen LogP contribution in [0, 0.1) is 5.92 Å². The fourth-order valence-electron chi connectivity index (χ4n) is 2.54. The Morgan fingerprint density at radius 3 is 1.76 bits per heavy atom. The van der Waals surface area contributed by atoms with Gasteiger partial charge in [-0.2, -0.15) is 0 Å². The van der Waals surface area contributed by atoms with E-state index >= 15 is 0 Å². The Morgan fingerprint density at radius 1 is 0.882 bits per heavy atom. The minimum atomic E-state index is 0.107. The molecule has 98 valence electrons. The van der Waals surface area contributed by atoms with Gasteiger partial charge in [-0.3, -0.25) is 10.0 Å². The van der Waals surface area contributed by atoms with Gasteiger partial charge < -0.3 is 0 Å². The zero-order chi connectivity index (χ0) is 13.3. The standard InChI is InChI=1S/C15H28N2/c1-13(2)12-15(6,7)17-11-9-8-10-16(17)14(3,4)5/h8-11,13H,12H2,1-7H3. The quantitative estimate of drug-likeness (QED) is 0.725. The summed E-state index contributed by atoms with van der Waals surface area (Å²) in [4.78, 5) is 0. The minimum Gasteiger partial charge on any atom is -0.287 e. The first kappa shape index (κ1) is 14.1. The summed E-state index contributed by atoms with van der Waals surface area (Å²) in [5, 5.41) is 4.70. The summed E-state index contributed by atoms with van der Waals surface area (Å²) in [6, 6.07) is 0. The predicted octanol–water partition coefficient (Wildman–Crippen LogP) is 4.17. The van der Waals surface area contributed by atoms with Crippen LogP contribution in [-0.4, -0.2) is 21.1 Å². The van der Waals surface area contributed by atoms with Crippen LogP contribution in [0.2, 0.25) is 0 Å². The van der Waals surface area contributed by atoms with E-state index in [9.17, 15) is 0 Å². The number of rotatable bonds is 3. The van der Waals surface area contributed by atoms with Crippen molar-refractivity contribution in [2.45, 2.75) is 66.0 Å². The van der Waals surface area contributed by atoms with E-state index in [4.69, 9.17) is 0 Å². The van der Waals surface area contributed by atoms with E-state index < -0.39 is 0 Å². The normalized spacial score (nSPS) is 17.2. The van der Waals surface area contributed by atoms with Gasteiger partial charge in [0.25, 0.3) is 0 Å². The third-order valence-corrected chi connectivity index (χ3v) is 3.01. The largest absolute Gasteiger partial charge is 0.287 e. The van der Waals surface area contributed by atoms with Gasteiger partial charge in [0, 0.05) is 12.4 Å². The first-order chi connectivity index (χ1) is 7.64. The second-order valence-electron chi connectivity index (χ2n) is 6.95. The Balaban J connectivity index is 2.94. The van der Waals surface area contributed by atoms with Crippen LogP contribution >= 0.6 is 0 Å². The molecule has 0 saturated carbocycles. The third kappa shape index (κ3) is 3.52. The lowest BCUT2D eigenvalue weighted by Gasteiger charge is -2.51. The molecule has 0 spiro atoms. The molecule has 2 nitrogen and oxygen atoms in total. The van der Waals surface area contributed by atoms with E-state index in [2.05, 4.69) is 83.0 Å². The van der Waals surface area contributed by atoms with Crippen LogP contribution in [0.5, 0.6) is 0 Å². The Morgan fingerprint density at radius 2 is 1.35 bits per heavy atom. The summed E-state index contributed by atoms with van der Waals surface area (Å²) in [6.07, 6.45) is 9.75. The molecule has 17 heavy (non-hydrogen) atoms. The van der Waals surface area contributed by atoms with Crippen molar-refractivity contribution in [3.63, 3.8) is 0 Å². The molecule has 0 aromatic rings. The van der Waals surface area contributed by atoms with E-state index in [1.807, 2.05) is 0 Å². The summed E-state index contributed by atoms with van der Waals surface area (Å²) in [7, 11) is 0. The first-order valence-corrected chi connectivity index (χ1v) is 6.58. The van der Waals surface area contributed by atoms with Gasteiger partial charge in [-0.1, -0.05) is 13.8 Å². The van der Waals surface area contributed by atoms with Crippen molar-refractivity contribution >= 4 is 0 Å². The van der Waals surface area contributed by atoms with E-state index in [1.54, 1.807) is 0 Å². The summed E-state index contributed by atoms with van der Waals surface area (Å²) >= 11 is 0. The lowest BCUT2D eigenvalue weighted by atomic mass is 9.91. The molecule has 1 rings (SSSR count). The van der Waals surface area contributed by atoms with Gasteiger partial charge in [-0.05, 0) is 59.1 Å². The van der Waals surface area contributed by atoms with Crippen molar-refractivity contribution in [3.8, 4) is 0 Å². The van der Waals surface area contributed by atoms with Crippen LogP contribution in [-0.2, 0) is 0 Å². The summed E-state index contributed by atoms with van der Waals surface area (Å²) in [5.74, 6) is 0.700. The maximum Gasteiger partial charge on any atom is 0.0554 e. The van der Waals surface area contributed by atoms with Crippen LogP contribution in [0.1, 0.15) is 54.9 Å². The monoisotopic (exact) mass is 236 g/mol. The number of nitrogens with zero attached hydrogens (tertiary/aromatic N) is 2. The van der Waals surface area contributed by atoms with Crippen molar-refractivity contribution in [2.75, 3.05) is 0 Å². The number of hydrazine groups is 1. The molecular formula is C15H28N2. The third-order valence-electron chi connectivity index (χ3n) is 3.01. The predicted molar refractivity (Wildman–Crippen MR) is 75.2 cm³/mol. The molecule has 0 unspecified atom stereocenters. The average Bonchev–Trinajstić information content (AvgIpc) is 2.14. The highest BCUT2D eigenvalue weighted by molar-refractivity contribution is 5.10. The Bertz CT molecular complexity index is 305. The molecule has 1 heterocycles. The van der Waals surface area contributed by atoms with E-state index in [0.717, 1.165) is 0 Å². The average molecular weight is 236 g/mol. The Hall–Kier alpha value is -0.920. The molecule has 0 bridgehead atoms. The highest BCUT2D eigenvalue weighted by Gasteiger charge is 2.34. The Kier molecular flexibility index (Phi) is 3.95. The van der Waals surface area contributed by atoms with Gasteiger partial charge in [0.15, 0.2) is 0 Å². The maximum absolute atomic E-state index is 2.37.